The van der Waals surface area contributed by atoms with E-state index >= 15 is 0 Å². The summed E-state index contributed by atoms with van der Waals surface area (Å²) in [7, 11) is 0. The van der Waals surface area contributed by atoms with Crippen molar-refractivity contribution in [2.75, 3.05) is 0 Å². The minimum Gasteiger partial charge on any atom is -0.397 e. The molecule has 112 valence electrons. The van der Waals surface area contributed by atoms with Gasteiger partial charge in [-0.2, -0.15) is 15.8 Å². The van der Waals surface area contributed by atoms with Gasteiger partial charge in [-0.3, -0.25) is 4.79 Å². The van der Waals surface area contributed by atoms with Crippen LogP contribution in [0.5, 0.6) is 0 Å². The summed E-state index contributed by atoms with van der Waals surface area (Å²) >= 11 is 0. The first-order valence-electron chi connectivity index (χ1n) is 7.13. The highest BCUT2D eigenvalue weighted by Crippen LogP contribution is 2.50. The number of nitrogens with two attached hydrogens (primary N) is 1. The van der Waals surface area contributed by atoms with Gasteiger partial charge < -0.3 is 5.73 Å². The molecule has 5 heteroatoms. The van der Waals surface area contributed by atoms with Crippen LogP contribution >= 0.6 is 0 Å². The summed E-state index contributed by atoms with van der Waals surface area (Å²) < 4.78 is 0. The normalized spacial score (nSPS) is 15.7. The van der Waals surface area contributed by atoms with Gasteiger partial charge in [-0.25, -0.2) is 0 Å². The first kappa shape index (κ1) is 16.0. The van der Waals surface area contributed by atoms with Gasteiger partial charge in [-0.1, -0.05) is 37.3 Å². The van der Waals surface area contributed by atoms with Crippen molar-refractivity contribution in [1.82, 2.24) is 0 Å². The number of hydrogen-bond donors (Lipinski definition) is 1. The molecule has 0 fully saturated rings. The second-order valence-electron chi connectivity index (χ2n) is 5.16. The van der Waals surface area contributed by atoms with Crippen LogP contribution in [0.1, 0.15) is 25.3 Å². The van der Waals surface area contributed by atoms with E-state index in [0.717, 1.165) is 0 Å². The molecule has 0 heterocycles. The highest BCUT2D eigenvalue weighted by Gasteiger charge is 2.50. The number of carbonyl (C=O) groups is 1. The van der Waals surface area contributed by atoms with Crippen LogP contribution in [-0.2, 0) is 4.79 Å². The first-order chi connectivity index (χ1) is 11.1. The van der Waals surface area contributed by atoms with Crippen LogP contribution in [0.25, 0.3) is 5.57 Å². The number of benzene rings is 1. The number of nitrogens with zero attached hydrogens (tertiary/aromatic N) is 3. The summed E-state index contributed by atoms with van der Waals surface area (Å²) in [6, 6.07) is 14.3. The number of nitriles is 3. The quantitative estimate of drug-likeness (QED) is 0.917. The Bertz CT molecular complexity index is 828. The van der Waals surface area contributed by atoms with E-state index in [1.165, 1.54) is 0 Å². The third-order valence-corrected chi connectivity index (χ3v) is 3.80. The molecule has 23 heavy (non-hydrogen) atoms. The largest absolute Gasteiger partial charge is 0.397 e. The molecule has 1 aromatic rings. The van der Waals surface area contributed by atoms with Crippen molar-refractivity contribution in [3.63, 3.8) is 0 Å². The molecule has 0 spiro atoms. The molecule has 2 N–H and O–H groups in total. The minimum atomic E-state index is -1.85. The molecule has 0 saturated heterocycles. The Morgan fingerprint density at radius 1 is 1.17 bits per heavy atom. The van der Waals surface area contributed by atoms with Crippen molar-refractivity contribution in [1.29, 1.82) is 15.8 Å². The van der Waals surface area contributed by atoms with E-state index in [-0.39, 0.29) is 34.6 Å². The smallest absolute Gasteiger partial charge is 0.206 e. The molecule has 1 aromatic carbocycles. The number of carbonyl (C=O) groups excluding carboxylic acids is 1. The third-order valence-electron chi connectivity index (χ3n) is 3.80. The van der Waals surface area contributed by atoms with Gasteiger partial charge in [0.05, 0.1) is 23.4 Å². The summed E-state index contributed by atoms with van der Waals surface area (Å²) in [5, 5.41) is 28.7. The van der Waals surface area contributed by atoms with E-state index in [4.69, 9.17) is 5.73 Å². The van der Waals surface area contributed by atoms with Crippen molar-refractivity contribution < 1.29 is 4.79 Å². The van der Waals surface area contributed by atoms with Crippen LogP contribution < -0.4 is 5.73 Å². The summed E-state index contributed by atoms with van der Waals surface area (Å²) in [4.78, 5) is 12.5. The van der Waals surface area contributed by atoms with Gasteiger partial charge in [0, 0.05) is 17.6 Å². The fourth-order valence-corrected chi connectivity index (χ4v) is 2.77. The summed E-state index contributed by atoms with van der Waals surface area (Å²) in [6.07, 6.45) is 0.837. The zero-order valence-corrected chi connectivity index (χ0v) is 12.6. The molecule has 0 atom stereocenters. The maximum Gasteiger partial charge on any atom is 0.206 e. The molecular formula is C18H14N4O. The predicted molar refractivity (Wildman–Crippen MR) is 83.8 cm³/mol. The molecule has 0 amide bonds. The summed E-state index contributed by atoms with van der Waals surface area (Å²) in [5.74, 6) is -0.260. The number of rotatable bonds is 4. The lowest BCUT2D eigenvalue weighted by atomic mass is 9.76. The van der Waals surface area contributed by atoms with Crippen molar-refractivity contribution in [3.05, 3.63) is 52.7 Å². The lowest BCUT2D eigenvalue weighted by Gasteiger charge is -2.18. The monoisotopic (exact) mass is 302 g/mol. The molecule has 0 saturated carbocycles. The van der Waals surface area contributed by atoms with Crippen LogP contribution in [0.2, 0.25) is 0 Å². The first-order valence-corrected chi connectivity index (χ1v) is 7.13. The van der Waals surface area contributed by atoms with Crippen LogP contribution in [0.3, 0.4) is 0 Å². The van der Waals surface area contributed by atoms with Crippen LogP contribution in [0.15, 0.2) is 47.2 Å². The van der Waals surface area contributed by atoms with Crippen molar-refractivity contribution in [2.24, 2.45) is 11.1 Å². The van der Waals surface area contributed by atoms with E-state index in [1.54, 1.807) is 30.3 Å². The molecular weight excluding hydrogens is 288 g/mol. The number of ketones is 1. The van der Waals surface area contributed by atoms with Gasteiger partial charge in [0.1, 0.15) is 6.07 Å². The maximum atomic E-state index is 12.5. The Hall–Kier alpha value is -3.36. The van der Waals surface area contributed by atoms with E-state index in [0.29, 0.717) is 12.0 Å². The van der Waals surface area contributed by atoms with Crippen LogP contribution in [-0.4, -0.2) is 5.78 Å². The Balaban J connectivity index is 2.88. The molecule has 5 nitrogen and oxygen atoms in total. The second-order valence-corrected chi connectivity index (χ2v) is 5.16. The highest BCUT2D eigenvalue weighted by atomic mass is 16.1. The molecule has 1 aliphatic carbocycles. The number of hydrogen-bond acceptors (Lipinski definition) is 5. The third kappa shape index (κ3) is 2.27. The standard InChI is InChI=1S/C18H14N4O/c1-2-6-14(23)15-16(12-7-4-3-5-8-12)18(10-20,11-21)13(9-19)17(15)22/h3-5,7-8H,2,6,22H2,1H3. The fraction of sp³-hybridized carbons (Fsp3) is 0.222. The van der Waals surface area contributed by atoms with Crippen molar-refractivity contribution in [2.45, 2.75) is 19.8 Å². The lowest BCUT2D eigenvalue weighted by molar-refractivity contribution is -0.115. The van der Waals surface area contributed by atoms with Gasteiger partial charge in [-0.15, -0.1) is 0 Å². The van der Waals surface area contributed by atoms with Gasteiger partial charge in [0.15, 0.2) is 5.78 Å². The van der Waals surface area contributed by atoms with Crippen molar-refractivity contribution >= 4 is 11.4 Å². The zero-order valence-electron chi connectivity index (χ0n) is 12.6. The Labute approximate surface area is 134 Å². The highest BCUT2D eigenvalue weighted by molar-refractivity contribution is 6.11. The van der Waals surface area contributed by atoms with Gasteiger partial charge in [-0.05, 0) is 12.0 Å². The lowest BCUT2D eigenvalue weighted by Crippen LogP contribution is -2.19. The van der Waals surface area contributed by atoms with Gasteiger partial charge in [0.25, 0.3) is 0 Å². The van der Waals surface area contributed by atoms with Crippen molar-refractivity contribution in [3.8, 4) is 18.2 Å². The van der Waals surface area contributed by atoms with Gasteiger partial charge in [0.2, 0.25) is 5.41 Å². The fourth-order valence-electron chi connectivity index (χ4n) is 2.77. The Kier molecular flexibility index (Phi) is 4.30. The molecule has 0 aliphatic heterocycles. The molecule has 0 bridgehead atoms. The Morgan fingerprint density at radius 3 is 2.26 bits per heavy atom. The predicted octanol–water partition coefficient (Wildman–Crippen LogP) is 2.59. The average Bonchev–Trinajstić information content (AvgIpc) is 2.84. The summed E-state index contributed by atoms with van der Waals surface area (Å²) in [5.41, 5.74) is 4.80. The molecule has 0 unspecified atom stereocenters. The maximum absolute atomic E-state index is 12.5. The van der Waals surface area contributed by atoms with Gasteiger partial charge >= 0.3 is 0 Å². The zero-order chi connectivity index (χ0) is 17.0. The molecule has 0 radical (unpaired) electrons. The summed E-state index contributed by atoms with van der Waals surface area (Å²) in [6.45, 7) is 1.85. The average molecular weight is 302 g/mol. The van der Waals surface area contributed by atoms with Crippen LogP contribution in [0.4, 0.5) is 0 Å². The molecule has 1 aliphatic rings. The SMILES string of the molecule is CCCC(=O)C1=C(c2ccccc2)C(C#N)(C#N)C(C#N)=C1N. The number of Topliss-reactive ketones (excluding diaryl/α,β-unsaturated/α-hetero) is 1. The minimum absolute atomic E-state index is 0.0621. The molecule has 2 rings (SSSR count). The van der Waals surface area contributed by atoms with E-state index in [1.807, 2.05) is 25.1 Å². The Morgan fingerprint density at radius 2 is 1.78 bits per heavy atom. The number of allylic oxidation sites excluding steroid dienone is 3. The van der Waals surface area contributed by atoms with E-state index < -0.39 is 5.41 Å². The second kappa shape index (κ2) is 6.18. The van der Waals surface area contributed by atoms with E-state index in [9.17, 15) is 20.6 Å². The topological polar surface area (TPSA) is 114 Å². The van der Waals surface area contributed by atoms with E-state index in [2.05, 4.69) is 0 Å². The molecule has 0 aromatic heterocycles. The van der Waals surface area contributed by atoms with Crippen LogP contribution in [0, 0.1) is 39.4 Å².